The molecule has 0 unspecified atom stereocenters. The highest BCUT2D eigenvalue weighted by atomic mass is 35.5. The average Bonchev–Trinajstić information content (AvgIpc) is 2.39. The second kappa shape index (κ2) is 6.47. The summed E-state index contributed by atoms with van der Waals surface area (Å²) in [4.78, 5) is 12.0. The van der Waals surface area contributed by atoms with E-state index in [1.54, 1.807) is 12.1 Å². The fraction of sp³-hybridized carbons (Fsp3) is 0.400. The first-order chi connectivity index (χ1) is 8.55. The summed E-state index contributed by atoms with van der Waals surface area (Å²) in [6, 6.07) is 7.24. The first kappa shape index (κ1) is 14.6. The number of carbonyl (C=O) groups is 1. The Labute approximate surface area is 114 Å². The van der Waals surface area contributed by atoms with Gasteiger partial charge in [-0.1, -0.05) is 43.5 Å². The van der Waals surface area contributed by atoms with Crippen molar-refractivity contribution in [1.29, 1.82) is 0 Å². The fourth-order valence-electron chi connectivity index (χ4n) is 1.77. The van der Waals surface area contributed by atoms with Gasteiger partial charge in [0.05, 0.1) is 6.42 Å². The smallest absolute Gasteiger partial charge is 0.225 e. The molecule has 1 amide bonds. The van der Waals surface area contributed by atoms with Gasteiger partial charge in [0.2, 0.25) is 5.91 Å². The van der Waals surface area contributed by atoms with Crippen molar-refractivity contribution in [1.82, 2.24) is 5.32 Å². The minimum absolute atomic E-state index is 0.0565. The highest BCUT2D eigenvalue weighted by Gasteiger charge is 2.24. The van der Waals surface area contributed by atoms with E-state index in [1.807, 2.05) is 26.0 Å². The van der Waals surface area contributed by atoms with Crippen LogP contribution in [0.4, 0.5) is 0 Å². The van der Waals surface area contributed by atoms with E-state index in [4.69, 9.17) is 18.0 Å². The molecule has 0 radical (unpaired) electrons. The van der Waals surface area contributed by atoms with E-state index < -0.39 is 5.54 Å². The molecule has 0 aliphatic rings. The molecular weight excluding hydrogens is 246 g/mol. The molecular formula is C15H18ClNO. The third kappa shape index (κ3) is 3.78. The third-order valence-corrected chi connectivity index (χ3v) is 3.39. The van der Waals surface area contributed by atoms with Crippen LogP contribution in [0.1, 0.15) is 32.3 Å². The van der Waals surface area contributed by atoms with E-state index in [1.165, 1.54) is 0 Å². The number of benzene rings is 1. The molecule has 0 saturated heterocycles. The Hall–Kier alpha value is -1.46. The fourth-order valence-corrected chi connectivity index (χ4v) is 1.89. The van der Waals surface area contributed by atoms with Crippen molar-refractivity contribution in [2.45, 2.75) is 38.6 Å². The maximum atomic E-state index is 12.0. The first-order valence-electron chi connectivity index (χ1n) is 6.08. The number of amides is 1. The van der Waals surface area contributed by atoms with Crippen LogP contribution in [0.5, 0.6) is 0 Å². The Kier molecular flexibility index (Phi) is 5.25. The molecule has 1 rings (SSSR count). The molecule has 0 atom stereocenters. The van der Waals surface area contributed by atoms with Gasteiger partial charge in [0, 0.05) is 5.02 Å². The molecule has 0 aromatic heterocycles. The van der Waals surface area contributed by atoms with Crippen molar-refractivity contribution in [2.75, 3.05) is 0 Å². The molecule has 0 fully saturated rings. The largest absolute Gasteiger partial charge is 0.340 e. The number of nitrogens with one attached hydrogen (secondary N) is 1. The number of hydrogen-bond donors (Lipinski definition) is 1. The molecule has 2 nitrogen and oxygen atoms in total. The van der Waals surface area contributed by atoms with Crippen LogP contribution in [-0.4, -0.2) is 11.4 Å². The highest BCUT2D eigenvalue weighted by molar-refractivity contribution is 6.30. The summed E-state index contributed by atoms with van der Waals surface area (Å²) in [7, 11) is 0. The Morgan fingerprint density at radius 1 is 1.33 bits per heavy atom. The van der Waals surface area contributed by atoms with Crippen LogP contribution >= 0.6 is 11.6 Å². The minimum Gasteiger partial charge on any atom is -0.340 e. The molecule has 1 N–H and O–H groups in total. The van der Waals surface area contributed by atoms with Gasteiger partial charge in [-0.05, 0) is 30.5 Å². The molecule has 0 bridgehead atoms. The van der Waals surface area contributed by atoms with E-state index in [2.05, 4.69) is 11.2 Å². The van der Waals surface area contributed by atoms with Crippen molar-refractivity contribution in [3.63, 3.8) is 0 Å². The molecule has 0 aliphatic heterocycles. The van der Waals surface area contributed by atoms with E-state index in [9.17, 15) is 4.79 Å². The Bertz CT molecular complexity index is 441. The Morgan fingerprint density at radius 3 is 2.33 bits per heavy atom. The molecule has 0 saturated carbocycles. The van der Waals surface area contributed by atoms with Gasteiger partial charge < -0.3 is 5.32 Å². The van der Waals surface area contributed by atoms with E-state index >= 15 is 0 Å². The van der Waals surface area contributed by atoms with Crippen molar-refractivity contribution >= 4 is 17.5 Å². The molecule has 1 aromatic carbocycles. The highest BCUT2D eigenvalue weighted by Crippen LogP contribution is 2.15. The summed E-state index contributed by atoms with van der Waals surface area (Å²) in [5, 5.41) is 3.60. The second-order valence-electron chi connectivity index (χ2n) is 4.28. The first-order valence-corrected chi connectivity index (χ1v) is 6.46. The van der Waals surface area contributed by atoms with E-state index in [-0.39, 0.29) is 5.91 Å². The third-order valence-electron chi connectivity index (χ3n) is 3.14. The molecule has 18 heavy (non-hydrogen) atoms. The molecule has 0 heterocycles. The van der Waals surface area contributed by atoms with Crippen LogP contribution in [0.3, 0.4) is 0 Å². The molecule has 1 aromatic rings. The summed E-state index contributed by atoms with van der Waals surface area (Å²) in [5.41, 5.74) is 0.402. The van der Waals surface area contributed by atoms with Crippen LogP contribution in [0, 0.1) is 12.3 Å². The number of terminal acetylenes is 1. The zero-order valence-corrected chi connectivity index (χ0v) is 11.6. The number of hydrogen-bond acceptors (Lipinski definition) is 1. The number of carbonyl (C=O) groups excluding carboxylic acids is 1. The predicted molar refractivity (Wildman–Crippen MR) is 75.4 cm³/mol. The van der Waals surface area contributed by atoms with Crippen LogP contribution in [-0.2, 0) is 11.2 Å². The van der Waals surface area contributed by atoms with Gasteiger partial charge in [-0.15, -0.1) is 6.42 Å². The minimum atomic E-state index is -0.524. The molecule has 3 heteroatoms. The monoisotopic (exact) mass is 263 g/mol. The lowest BCUT2D eigenvalue weighted by molar-refractivity contribution is -0.121. The van der Waals surface area contributed by atoms with Gasteiger partial charge in [-0.25, -0.2) is 0 Å². The molecule has 0 aliphatic carbocycles. The average molecular weight is 264 g/mol. The van der Waals surface area contributed by atoms with Gasteiger partial charge in [-0.3, -0.25) is 4.79 Å². The van der Waals surface area contributed by atoms with Crippen molar-refractivity contribution < 1.29 is 4.79 Å². The van der Waals surface area contributed by atoms with Gasteiger partial charge in [0.15, 0.2) is 0 Å². The lowest BCUT2D eigenvalue weighted by atomic mass is 9.93. The van der Waals surface area contributed by atoms with Gasteiger partial charge in [0.25, 0.3) is 0 Å². The summed E-state index contributed by atoms with van der Waals surface area (Å²) >= 11 is 5.79. The van der Waals surface area contributed by atoms with Crippen molar-refractivity contribution in [2.24, 2.45) is 0 Å². The SMILES string of the molecule is C#CC(CC)(CC)NC(=O)Cc1ccc(Cl)cc1. The maximum Gasteiger partial charge on any atom is 0.225 e. The second-order valence-corrected chi connectivity index (χ2v) is 4.72. The molecule has 96 valence electrons. The van der Waals surface area contributed by atoms with Gasteiger partial charge >= 0.3 is 0 Å². The van der Waals surface area contributed by atoms with Crippen molar-refractivity contribution in [3.05, 3.63) is 34.9 Å². The van der Waals surface area contributed by atoms with Gasteiger partial charge in [-0.2, -0.15) is 0 Å². The van der Waals surface area contributed by atoms with Crippen LogP contribution in [0.15, 0.2) is 24.3 Å². The molecule has 0 spiro atoms. The number of halogens is 1. The van der Waals surface area contributed by atoms with E-state index in [0.717, 1.165) is 18.4 Å². The Morgan fingerprint density at radius 2 is 1.89 bits per heavy atom. The van der Waals surface area contributed by atoms with Crippen LogP contribution in [0.2, 0.25) is 5.02 Å². The summed E-state index contributed by atoms with van der Waals surface area (Å²) < 4.78 is 0. The normalized spacial score (nSPS) is 10.8. The Balaban J connectivity index is 2.67. The lowest BCUT2D eigenvalue weighted by Crippen LogP contribution is -2.47. The van der Waals surface area contributed by atoms with Gasteiger partial charge in [0.1, 0.15) is 5.54 Å². The summed E-state index contributed by atoms with van der Waals surface area (Å²) in [6.07, 6.45) is 7.29. The zero-order chi connectivity index (χ0) is 13.6. The topological polar surface area (TPSA) is 29.1 Å². The van der Waals surface area contributed by atoms with Crippen molar-refractivity contribution in [3.8, 4) is 12.3 Å². The van der Waals surface area contributed by atoms with Crippen LogP contribution in [0.25, 0.3) is 0 Å². The summed E-state index contributed by atoms with van der Waals surface area (Å²) in [6.45, 7) is 3.96. The number of rotatable bonds is 5. The summed E-state index contributed by atoms with van der Waals surface area (Å²) in [5.74, 6) is 2.63. The maximum absolute atomic E-state index is 12.0. The lowest BCUT2D eigenvalue weighted by Gasteiger charge is -2.27. The zero-order valence-electron chi connectivity index (χ0n) is 10.8. The van der Waals surface area contributed by atoms with Crippen LogP contribution < -0.4 is 5.32 Å². The predicted octanol–water partition coefficient (Wildman–Crippen LogP) is 3.19. The van der Waals surface area contributed by atoms with E-state index in [0.29, 0.717) is 11.4 Å². The quantitative estimate of drug-likeness (QED) is 0.813. The standard InChI is InChI=1S/C15H18ClNO/c1-4-15(5-2,6-3)17-14(18)11-12-7-9-13(16)10-8-12/h1,7-10H,5-6,11H2,2-3H3,(H,17,18).